The largest absolute Gasteiger partial charge is 0.348 e. The highest BCUT2D eigenvalue weighted by Crippen LogP contribution is 2.27. The molecule has 2 bridgehead atoms. The summed E-state index contributed by atoms with van der Waals surface area (Å²) in [4.78, 5) is 25.5. The Bertz CT molecular complexity index is 601. The standard InChI is InChI=1S/C18H23N3O2/c1-13(22)19-16-5-2-14(3-6-16)4-7-18(23)20-17-12-21-10-8-15(17)9-11-21/h2-7,15,17H,8-12H2,1H3,(H,19,22)(H,20,23). The summed E-state index contributed by atoms with van der Waals surface area (Å²) in [6.07, 6.45) is 5.78. The van der Waals surface area contributed by atoms with Crippen LogP contribution in [-0.4, -0.2) is 42.4 Å². The van der Waals surface area contributed by atoms with E-state index in [4.69, 9.17) is 0 Å². The molecule has 3 heterocycles. The molecule has 3 aliphatic rings. The minimum Gasteiger partial charge on any atom is -0.348 e. The molecule has 23 heavy (non-hydrogen) atoms. The van der Waals surface area contributed by atoms with Crippen LogP contribution < -0.4 is 10.6 Å². The summed E-state index contributed by atoms with van der Waals surface area (Å²) >= 11 is 0. The highest BCUT2D eigenvalue weighted by Gasteiger charge is 2.34. The van der Waals surface area contributed by atoms with Gasteiger partial charge in [0.1, 0.15) is 0 Å². The zero-order valence-corrected chi connectivity index (χ0v) is 13.4. The third-order valence-corrected chi connectivity index (χ3v) is 4.64. The smallest absolute Gasteiger partial charge is 0.244 e. The number of carbonyl (C=O) groups excluding carboxylic acids is 2. The predicted octanol–water partition coefficient (Wildman–Crippen LogP) is 1.87. The number of amides is 2. The summed E-state index contributed by atoms with van der Waals surface area (Å²) in [5.41, 5.74) is 1.69. The molecule has 3 fully saturated rings. The van der Waals surface area contributed by atoms with Gasteiger partial charge in [0, 0.05) is 31.3 Å². The van der Waals surface area contributed by atoms with E-state index in [0.29, 0.717) is 5.92 Å². The van der Waals surface area contributed by atoms with Crippen LogP contribution in [-0.2, 0) is 9.59 Å². The lowest BCUT2D eigenvalue weighted by Crippen LogP contribution is -2.57. The van der Waals surface area contributed by atoms with E-state index in [0.717, 1.165) is 17.8 Å². The lowest BCUT2D eigenvalue weighted by atomic mass is 9.84. The van der Waals surface area contributed by atoms with Crippen molar-refractivity contribution in [2.75, 3.05) is 25.0 Å². The van der Waals surface area contributed by atoms with Crippen LogP contribution in [0, 0.1) is 5.92 Å². The molecule has 2 N–H and O–H groups in total. The molecule has 1 unspecified atom stereocenters. The summed E-state index contributed by atoms with van der Waals surface area (Å²) in [7, 11) is 0. The minimum atomic E-state index is -0.0924. The van der Waals surface area contributed by atoms with Crippen molar-refractivity contribution in [1.29, 1.82) is 0 Å². The molecule has 0 aliphatic carbocycles. The van der Waals surface area contributed by atoms with E-state index in [1.54, 1.807) is 12.2 Å². The van der Waals surface area contributed by atoms with Crippen molar-refractivity contribution in [3.8, 4) is 0 Å². The van der Waals surface area contributed by atoms with Crippen LogP contribution in [0.5, 0.6) is 0 Å². The number of nitrogens with one attached hydrogen (secondary N) is 2. The maximum Gasteiger partial charge on any atom is 0.244 e. The highest BCUT2D eigenvalue weighted by atomic mass is 16.2. The van der Waals surface area contributed by atoms with Gasteiger partial charge in [-0.3, -0.25) is 9.59 Å². The molecule has 0 aromatic heterocycles. The van der Waals surface area contributed by atoms with Crippen molar-refractivity contribution in [2.45, 2.75) is 25.8 Å². The summed E-state index contributed by atoms with van der Waals surface area (Å²) in [6, 6.07) is 7.70. The van der Waals surface area contributed by atoms with Crippen LogP contribution in [0.25, 0.3) is 6.08 Å². The maximum atomic E-state index is 12.1. The number of hydrogen-bond acceptors (Lipinski definition) is 3. The van der Waals surface area contributed by atoms with Crippen LogP contribution >= 0.6 is 0 Å². The first-order chi connectivity index (χ1) is 11.1. The van der Waals surface area contributed by atoms with Crippen LogP contribution in [0.15, 0.2) is 30.3 Å². The molecule has 3 saturated heterocycles. The lowest BCUT2D eigenvalue weighted by molar-refractivity contribution is -0.118. The fourth-order valence-electron chi connectivity index (χ4n) is 3.41. The Hall–Kier alpha value is -2.14. The van der Waals surface area contributed by atoms with E-state index in [2.05, 4.69) is 15.5 Å². The average Bonchev–Trinajstić information content (AvgIpc) is 2.55. The van der Waals surface area contributed by atoms with Crippen molar-refractivity contribution in [2.24, 2.45) is 5.92 Å². The molecule has 1 atom stereocenters. The predicted molar refractivity (Wildman–Crippen MR) is 90.9 cm³/mol. The van der Waals surface area contributed by atoms with Gasteiger partial charge in [-0.2, -0.15) is 0 Å². The first-order valence-corrected chi connectivity index (χ1v) is 8.19. The van der Waals surface area contributed by atoms with Gasteiger partial charge in [-0.1, -0.05) is 12.1 Å². The molecule has 0 saturated carbocycles. The van der Waals surface area contributed by atoms with E-state index in [1.165, 1.54) is 32.9 Å². The van der Waals surface area contributed by atoms with Crippen molar-refractivity contribution in [3.63, 3.8) is 0 Å². The summed E-state index contributed by atoms with van der Waals surface area (Å²) in [5.74, 6) is 0.508. The first kappa shape index (κ1) is 15.7. The number of rotatable bonds is 4. The molecular weight excluding hydrogens is 290 g/mol. The Morgan fingerprint density at radius 1 is 1.17 bits per heavy atom. The number of piperidine rings is 3. The van der Waals surface area contributed by atoms with Gasteiger partial charge in [0.15, 0.2) is 0 Å². The second kappa shape index (κ2) is 6.96. The van der Waals surface area contributed by atoms with E-state index in [9.17, 15) is 9.59 Å². The zero-order valence-electron chi connectivity index (χ0n) is 13.4. The van der Waals surface area contributed by atoms with E-state index in [1.807, 2.05) is 24.3 Å². The van der Waals surface area contributed by atoms with Gasteiger partial charge >= 0.3 is 0 Å². The van der Waals surface area contributed by atoms with Crippen LogP contribution in [0.3, 0.4) is 0 Å². The summed E-state index contributed by atoms with van der Waals surface area (Å²) in [5, 5.41) is 5.85. The molecule has 3 aliphatic heterocycles. The van der Waals surface area contributed by atoms with Crippen LogP contribution in [0.2, 0.25) is 0 Å². The Morgan fingerprint density at radius 3 is 2.43 bits per heavy atom. The van der Waals surface area contributed by atoms with Crippen LogP contribution in [0.4, 0.5) is 5.69 Å². The molecule has 122 valence electrons. The zero-order chi connectivity index (χ0) is 16.2. The highest BCUT2D eigenvalue weighted by molar-refractivity contribution is 5.92. The fourth-order valence-corrected chi connectivity index (χ4v) is 3.41. The summed E-state index contributed by atoms with van der Waals surface area (Å²) in [6.45, 7) is 4.81. The second-order valence-corrected chi connectivity index (χ2v) is 6.39. The molecule has 1 aromatic rings. The van der Waals surface area contributed by atoms with Gasteiger partial charge in [0.05, 0.1) is 0 Å². The second-order valence-electron chi connectivity index (χ2n) is 6.39. The molecule has 0 radical (unpaired) electrons. The molecule has 5 nitrogen and oxygen atoms in total. The molecule has 1 aromatic carbocycles. The Labute approximate surface area is 136 Å². The van der Waals surface area contributed by atoms with Gasteiger partial charge in [0.2, 0.25) is 11.8 Å². The monoisotopic (exact) mass is 313 g/mol. The van der Waals surface area contributed by atoms with Gasteiger partial charge in [-0.25, -0.2) is 0 Å². The third-order valence-electron chi connectivity index (χ3n) is 4.64. The van der Waals surface area contributed by atoms with Crippen molar-refractivity contribution < 1.29 is 9.59 Å². The molecule has 2 amide bonds. The van der Waals surface area contributed by atoms with Gasteiger partial charge < -0.3 is 15.5 Å². The topological polar surface area (TPSA) is 61.4 Å². The normalized spacial score (nSPS) is 26.2. The molecular formula is C18H23N3O2. The molecule has 4 rings (SSSR count). The lowest BCUT2D eigenvalue weighted by Gasteiger charge is -2.44. The van der Waals surface area contributed by atoms with Crippen molar-refractivity contribution in [1.82, 2.24) is 10.2 Å². The van der Waals surface area contributed by atoms with Crippen LogP contribution in [0.1, 0.15) is 25.3 Å². The van der Waals surface area contributed by atoms with Crippen molar-refractivity contribution >= 4 is 23.6 Å². The first-order valence-electron chi connectivity index (χ1n) is 8.19. The maximum absolute atomic E-state index is 12.1. The third kappa shape index (κ3) is 4.20. The van der Waals surface area contributed by atoms with E-state index >= 15 is 0 Å². The van der Waals surface area contributed by atoms with Gasteiger partial charge in [0.25, 0.3) is 0 Å². The number of benzene rings is 1. The van der Waals surface area contributed by atoms with Crippen molar-refractivity contribution in [3.05, 3.63) is 35.9 Å². The minimum absolute atomic E-state index is 0.0327. The number of nitrogens with zero attached hydrogens (tertiary/aromatic N) is 1. The number of hydrogen-bond donors (Lipinski definition) is 2. The Morgan fingerprint density at radius 2 is 1.87 bits per heavy atom. The quantitative estimate of drug-likeness (QED) is 0.834. The van der Waals surface area contributed by atoms with E-state index < -0.39 is 0 Å². The number of carbonyl (C=O) groups is 2. The number of fused-ring (bicyclic) bond motifs is 3. The molecule has 5 heteroatoms. The molecule has 0 spiro atoms. The average molecular weight is 313 g/mol. The van der Waals surface area contributed by atoms with Gasteiger partial charge in [-0.05, 0) is 55.6 Å². The summed E-state index contributed by atoms with van der Waals surface area (Å²) < 4.78 is 0. The van der Waals surface area contributed by atoms with Gasteiger partial charge in [-0.15, -0.1) is 0 Å². The Kier molecular flexibility index (Phi) is 4.76. The van der Waals surface area contributed by atoms with E-state index in [-0.39, 0.29) is 17.9 Å². The SMILES string of the molecule is CC(=O)Nc1ccc(C=CC(=O)NC2CN3CCC2CC3)cc1. The Balaban J connectivity index is 1.53. The number of anilines is 1. The fraction of sp³-hybridized carbons (Fsp3) is 0.444.